The monoisotopic (exact) mass is 394 g/mol. The summed E-state index contributed by atoms with van der Waals surface area (Å²) in [6, 6.07) is 4.06. The highest BCUT2D eigenvalue weighted by Crippen LogP contribution is 2.26. The number of rotatable bonds is 3. The molecule has 0 atom stereocenters. The zero-order valence-corrected chi connectivity index (χ0v) is 15.5. The molecule has 1 aromatic carbocycles. The van der Waals surface area contributed by atoms with Crippen molar-refractivity contribution in [2.45, 2.75) is 32.0 Å². The van der Waals surface area contributed by atoms with Crippen LogP contribution in [0.4, 0.5) is 13.2 Å². The number of halogens is 3. The Hall–Kier alpha value is -1.81. The predicted octanol–water partition coefficient (Wildman–Crippen LogP) is 2.46. The highest BCUT2D eigenvalue weighted by atomic mass is 32.2. The predicted molar refractivity (Wildman–Crippen MR) is 87.9 cm³/mol. The van der Waals surface area contributed by atoms with Crippen LogP contribution in [0.25, 0.3) is 0 Å². The van der Waals surface area contributed by atoms with Gasteiger partial charge in [-0.05, 0) is 24.3 Å². The standard InChI is InChI=1S/C16H21F3N2O4S/c1-15(2,3)14(22)20-8-10-21(11-9-20)26(23,24)13-6-4-12(5-7-13)25-16(17,18)19/h4-7H,8-11H2,1-3H3. The third kappa shape index (κ3) is 4.88. The SMILES string of the molecule is CC(C)(C)C(=O)N1CCN(S(=O)(=O)c2ccc(OC(F)(F)F)cc2)CC1. The minimum atomic E-state index is -4.84. The van der Waals surface area contributed by atoms with E-state index in [-0.39, 0.29) is 37.0 Å². The number of benzene rings is 1. The summed E-state index contributed by atoms with van der Waals surface area (Å²) in [5.41, 5.74) is -0.546. The fourth-order valence-corrected chi connectivity index (χ4v) is 3.99. The lowest BCUT2D eigenvalue weighted by atomic mass is 9.94. The number of sulfonamides is 1. The Morgan fingerprint density at radius 3 is 1.92 bits per heavy atom. The van der Waals surface area contributed by atoms with Crippen LogP contribution in [0.1, 0.15) is 20.8 Å². The van der Waals surface area contributed by atoms with Crippen LogP contribution >= 0.6 is 0 Å². The van der Waals surface area contributed by atoms with E-state index in [1.54, 1.807) is 25.7 Å². The smallest absolute Gasteiger partial charge is 0.406 e. The number of hydrogen-bond acceptors (Lipinski definition) is 4. The molecule has 1 fully saturated rings. The first-order chi connectivity index (χ1) is 11.8. The summed E-state index contributed by atoms with van der Waals surface area (Å²) >= 11 is 0. The molecule has 6 nitrogen and oxygen atoms in total. The van der Waals surface area contributed by atoms with E-state index in [9.17, 15) is 26.4 Å². The topological polar surface area (TPSA) is 66.9 Å². The third-order valence-electron chi connectivity index (χ3n) is 3.86. The van der Waals surface area contributed by atoms with Crippen molar-refractivity contribution < 1.29 is 31.1 Å². The van der Waals surface area contributed by atoms with Gasteiger partial charge in [-0.1, -0.05) is 20.8 Å². The van der Waals surface area contributed by atoms with Crippen molar-refractivity contribution in [1.82, 2.24) is 9.21 Å². The zero-order chi connectivity index (χ0) is 19.8. The number of amides is 1. The number of carbonyl (C=O) groups is 1. The summed E-state index contributed by atoms with van der Waals surface area (Å²) in [5.74, 6) is -0.541. The maximum Gasteiger partial charge on any atom is 0.573 e. The molecule has 26 heavy (non-hydrogen) atoms. The van der Waals surface area contributed by atoms with E-state index in [2.05, 4.69) is 4.74 Å². The van der Waals surface area contributed by atoms with Crippen LogP contribution in [-0.2, 0) is 14.8 Å². The summed E-state index contributed by atoms with van der Waals surface area (Å²) in [5, 5.41) is 0. The normalized spacial score (nSPS) is 17.2. The highest BCUT2D eigenvalue weighted by molar-refractivity contribution is 7.89. The third-order valence-corrected chi connectivity index (χ3v) is 5.78. The van der Waals surface area contributed by atoms with Crippen molar-refractivity contribution in [2.75, 3.05) is 26.2 Å². The quantitative estimate of drug-likeness (QED) is 0.790. The van der Waals surface area contributed by atoms with Crippen LogP contribution in [-0.4, -0.2) is 56.1 Å². The molecule has 0 bridgehead atoms. The van der Waals surface area contributed by atoms with Crippen molar-refractivity contribution in [3.8, 4) is 5.75 Å². The van der Waals surface area contributed by atoms with Gasteiger partial charge in [0.15, 0.2) is 0 Å². The first kappa shape index (κ1) is 20.5. The van der Waals surface area contributed by atoms with Crippen LogP contribution in [0.2, 0.25) is 0 Å². The Labute approximate surface area is 150 Å². The fourth-order valence-electron chi connectivity index (χ4n) is 2.57. The lowest BCUT2D eigenvalue weighted by Gasteiger charge is -2.37. The van der Waals surface area contributed by atoms with Crippen LogP contribution in [0.3, 0.4) is 0 Å². The largest absolute Gasteiger partial charge is 0.573 e. The molecule has 1 aliphatic rings. The molecule has 0 aromatic heterocycles. The van der Waals surface area contributed by atoms with Gasteiger partial charge in [-0.25, -0.2) is 8.42 Å². The molecule has 1 amide bonds. The Morgan fingerprint density at radius 1 is 1.00 bits per heavy atom. The van der Waals surface area contributed by atoms with Gasteiger partial charge in [0.2, 0.25) is 15.9 Å². The molecule has 0 spiro atoms. The number of hydrogen-bond donors (Lipinski definition) is 0. The van der Waals surface area contributed by atoms with Crippen molar-refractivity contribution in [2.24, 2.45) is 5.41 Å². The molecular formula is C16H21F3N2O4S. The second-order valence-corrected chi connectivity index (χ2v) is 8.90. The molecule has 2 rings (SSSR count). The van der Waals surface area contributed by atoms with E-state index in [4.69, 9.17) is 0 Å². The second kappa shape index (κ2) is 7.07. The lowest BCUT2D eigenvalue weighted by Crippen LogP contribution is -2.52. The Morgan fingerprint density at radius 2 is 1.50 bits per heavy atom. The average Bonchev–Trinajstić information content (AvgIpc) is 2.52. The first-order valence-corrected chi connectivity index (χ1v) is 9.40. The fraction of sp³-hybridized carbons (Fsp3) is 0.562. The molecule has 1 aliphatic heterocycles. The van der Waals surface area contributed by atoms with Gasteiger partial charge in [0.05, 0.1) is 4.90 Å². The Balaban J connectivity index is 2.06. The van der Waals surface area contributed by atoms with Crippen molar-refractivity contribution in [1.29, 1.82) is 0 Å². The molecule has 10 heteroatoms. The van der Waals surface area contributed by atoms with Gasteiger partial charge in [0, 0.05) is 31.6 Å². The van der Waals surface area contributed by atoms with Gasteiger partial charge in [-0.15, -0.1) is 13.2 Å². The minimum absolute atomic E-state index is 0.0526. The van der Waals surface area contributed by atoms with E-state index in [0.717, 1.165) is 24.3 Å². The minimum Gasteiger partial charge on any atom is -0.406 e. The van der Waals surface area contributed by atoms with Crippen LogP contribution in [0, 0.1) is 5.41 Å². The van der Waals surface area contributed by atoms with Crippen molar-refractivity contribution in [3.05, 3.63) is 24.3 Å². The lowest BCUT2D eigenvalue weighted by molar-refractivity contribution is -0.274. The summed E-state index contributed by atoms with van der Waals surface area (Å²) < 4.78 is 66.7. The summed E-state index contributed by atoms with van der Waals surface area (Å²) in [6.45, 7) is 6.18. The van der Waals surface area contributed by atoms with E-state index in [1.807, 2.05) is 0 Å². The molecule has 0 radical (unpaired) electrons. The zero-order valence-electron chi connectivity index (χ0n) is 14.7. The summed E-state index contributed by atoms with van der Waals surface area (Å²) in [4.78, 5) is 13.7. The van der Waals surface area contributed by atoms with E-state index < -0.39 is 27.6 Å². The van der Waals surface area contributed by atoms with Crippen molar-refractivity contribution in [3.63, 3.8) is 0 Å². The van der Waals surface area contributed by atoms with Crippen molar-refractivity contribution >= 4 is 15.9 Å². The van der Waals surface area contributed by atoms with Crippen LogP contribution in [0.5, 0.6) is 5.75 Å². The Kier molecular flexibility index (Phi) is 5.57. The number of carbonyl (C=O) groups excluding carboxylic acids is 1. The molecule has 0 N–H and O–H groups in total. The second-order valence-electron chi connectivity index (χ2n) is 6.97. The van der Waals surface area contributed by atoms with Crippen LogP contribution < -0.4 is 4.74 Å². The van der Waals surface area contributed by atoms with Gasteiger partial charge in [0.25, 0.3) is 0 Å². The summed E-state index contributed by atoms with van der Waals surface area (Å²) in [6.07, 6.45) is -4.84. The first-order valence-electron chi connectivity index (χ1n) is 7.96. The molecule has 146 valence electrons. The highest BCUT2D eigenvalue weighted by Gasteiger charge is 2.34. The molecule has 0 unspecified atom stereocenters. The number of alkyl halides is 3. The molecule has 1 saturated heterocycles. The van der Waals surface area contributed by atoms with Crippen LogP contribution in [0.15, 0.2) is 29.2 Å². The van der Waals surface area contributed by atoms with E-state index in [1.165, 1.54) is 4.31 Å². The average molecular weight is 394 g/mol. The molecule has 1 aromatic rings. The van der Waals surface area contributed by atoms with Gasteiger partial charge >= 0.3 is 6.36 Å². The summed E-state index contributed by atoms with van der Waals surface area (Å²) in [7, 11) is -3.85. The van der Waals surface area contributed by atoms with E-state index in [0.29, 0.717) is 0 Å². The molecule has 0 aliphatic carbocycles. The number of ether oxygens (including phenoxy) is 1. The maximum atomic E-state index is 12.6. The molecular weight excluding hydrogens is 373 g/mol. The van der Waals surface area contributed by atoms with Gasteiger partial charge in [0.1, 0.15) is 5.75 Å². The molecule has 1 heterocycles. The van der Waals surface area contributed by atoms with Gasteiger partial charge in [-0.3, -0.25) is 4.79 Å². The maximum absolute atomic E-state index is 12.6. The van der Waals surface area contributed by atoms with Gasteiger partial charge < -0.3 is 9.64 Å². The molecule has 0 saturated carbocycles. The Bertz CT molecular complexity index is 747. The van der Waals surface area contributed by atoms with E-state index >= 15 is 0 Å². The number of piperazine rings is 1. The number of nitrogens with zero attached hydrogens (tertiary/aromatic N) is 2. The van der Waals surface area contributed by atoms with Gasteiger partial charge in [-0.2, -0.15) is 4.31 Å².